The molecule has 1 aromatic rings. The molecule has 2 atom stereocenters. The normalized spacial score (nSPS) is 17.3. The van der Waals surface area contributed by atoms with Crippen molar-refractivity contribution >= 4 is 35.0 Å². The number of piperidine rings is 1. The van der Waals surface area contributed by atoms with Gasteiger partial charge in [0.05, 0.1) is 25.3 Å². The van der Waals surface area contributed by atoms with Crippen molar-refractivity contribution in [1.82, 2.24) is 4.90 Å². The van der Waals surface area contributed by atoms with Gasteiger partial charge in [-0.1, -0.05) is 20.8 Å². The average molecular weight is 483 g/mol. The Morgan fingerprint density at radius 2 is 1.79 bits per heavy atom. The van der Waals surface area contributed by atoms with Gasteiger partial charge >= 0.3 is 12.1 Å². The van der Waals surface area contributed by atoms with E-state index in [2.05, 4.69) is 5.32 Å². The number of methoxy groups -OCH3 is 1. The number of nitrogens with zero attached hydrogens (tertiary/aromatic N) is 1. The first kappa shape index (κ1) is 27.1. The Hall–Kier alpha value is -2.13. The molecule has 2 unspecified atom stereocenters. The minimum absolute atomic E-state index is 0.0819. The van der Waals surface area contributed by atoms with E-state index >= 15 is 0 Å². The summed E-state index contributed by atoms with van der Waals surface area (Å²) in [5.41, 5.74) is -0.541. The molecule has 1 saturated heterocycles. The summed E-state index contributed by atoms with van der Waals surface area (Å²) in [7, 11) is 1.34. The van der Waals surface area contributed by atoms with E-state index in [1.54, 1.807) is 11.0 Å². The van der Waals surface area contributed by atoms with E-state index in [0.29, 0.717) is 31.6 Å². The topological polar surface area (TPSA) is 105 Å². The van der Waals surface area contributed by atoms with Crippen molar-refractivity contribution in [2.24, 2.45) is 17.3 Å². The Bertz CT molecular complexity index is 831. The van der Waals surface area contributed by atoms with Crippen LogP contribution >= 0.6 is 11.3 Å². The third-order valence-electron chi connectivity index (χ3n) is 5.76. The molecule has 2 heterocycles. The van der Waals surface area contributed by atoms with Crippen LogP contribution in [0.15, 0.2) is 11.4 Å². The van der Waals surface area contributed by atoms with E-state index in [9.17, 15) is 19.5 Å². The number of thiophene rings is 1. The molecule has 9 heteroatoms. The van der Waals surface area contributed by atoms with E-state index in [4.69, 9.17) is 9.47 Å². The number of likely N-dealkylation sites (tertiary alicyclic amines) is 1. The molecule has 186 valence electrons. The minimum atomic E-state index is -0.593. The summed E-state index contributed by atoms with van der Waals surface area (Å²) in [5.74, 6) is -1.73. The van der Waals surface area contributed by atoms with Gasteiger partial charge in [-0.2, -0.15) is 0 Å². The van der Waals surface area contributed by atoms with Crippen LogP contribution in [0.25, 0.3) is 0 Å². The summed E-state index contributed by atoms with van der Waals surface area (Å²) in [6, 6.07) is 1.80. The number of carbonyl (C=O) groups excluding carboxylic acids is 3. The highest BCUT2D eigenvalue weighted by Gasteiger charge is 2.41. The van der Waals surface area contributed by atoms with E-state index in [1.165, 1.54) is 18.4 Å². The van der Waals surface area contributed by atoms with Crippen LogP contribution < -0.4 is 5.32 Å². The first-order valence-corrected chi connectivity index (χ1v) is 12.2. The number of ether oxygens (including phenoxy) is 2. The van der Waals surface area contributed by atoms with Crippen molar-refractivity contribution in [2.75, 3.05) is 32.1 Å². The van der Waals surface area contributed by atoms with Gasteiger partial charge in [0.2, 0.25) is 5.91 Å². The van der Waals surface area contributed by atoms with Crippen molar-refractivity contribution in [3.8, 4) is 0 Å². The molecule has 0 aromatic carbocycles. The number of nitrogens with one attached hydrogen (secondary N) is 1. The highest BCUT2D eigenvalue weighted by Crippen LogP contribution is 2.42. The Morgan fingerprint density at radius 3 is 2.27 bits per heavy atom. The van der Waals surface area contributed by atoms with Gasteiger partial charge in [-0.15, -0.1) is 11.3 Å². The van der Waals surface area contributed by atoms with Gasteiger partial charge in [0.1, 0.15) is 5.60 Å². The molecular formula is C24H38N2O6S. The van der Waals surface area contributed by atoms with E-state index in [1.807, 2.05) is 46.9 Å². The molecule has 2 rings (SSSR count). The fourth-order valence-corrected chi connectivity index (χ4v) is 4.96. The molecular weight excluding hydrogens is 444 g/mol. The second kappa shape index (κ2) is 10.9. The van der Waals surface area contributed by atoms with E-state index in [0.717, 1.165) is 4.88 Å². The maximum atomic E-state index is 12.9. The zero-order valence-electron chi connectivity index (χ0n) is 20.8. The van der Waals surface area contributed by atoms with Gasteiger partial charge < -0.3 is 24.8 Å². The lowest BCUT2D eigenvalue weighted by Gasteiger charge is -2.38. The lowest BCUT2D eigenvalue weighted by atomic mass is 9.76. The van der Waals surface area contributed by atoms with Gasteiger partial charge in [0, 0.05) is 29.3 Å². The third kappa shape index (κ3) is 7.17. The van der Waals surface area contributed by atoms with Crippen LogP contribution in [0.1, 0.15) is 65.2 Å². The molecule has 1 aliphatic rings. The zero-order chi connectivity index (χ0) is 25.0. The Balaban J connectivity index is 2.22. The second-order valence-electron chi connectivity index (χ2n) is 10.5. The van der Waals surface area contributed by atoms with Gasteiger partial charge in [0.25, 0.3) is 0 Å². The monoisotopic (exact) mass is 482 g/mol. The highest BCUT2D eigenvalue weighted by atomic mass is 32.1. The summed E-state index contributed by atoms with van der Waals surface area (Å²) >= 11 is 1.40. The molecule has 0 spiro atoms. The van der Waals surface area contributed by atoms with Crippen LogP contribution in [-0.2, 0) is 19.1 Å². The van der Waals surface area contributed by atoms with Crippen molar-refractivity contribution in [1.29, 1.82) is 0 Å². The van der Waals surface area contributed by atoms with Crippen LogP contribution in [0.4, 0.5) is 10.5 Å². The van der Waals surface area contributed by atoms with Gasteiger partial charge in [-0.25, -0.2) is 4.79 Å². The summed E-state index contributed by atoms with van der Waals surface area (Å²) in [6.07, 6.45) is 0.814. The van der Waals surface area contributed by atoms with E-state index < -0.39 is 28.8 Å². The maximum Gasteiger partial charge on any atom is 0.410 e. The molecule has 0 radical (unpaired) electrons. The predicted molar refractivity (Wildman–Crippen MR) is 128 cm³/mol. The van der Waals surface area contributed by atoms with Crippen LogP contribution in [0.5, 0.6) is 0 Å². The first-order chi connectivity index (χ1) is 15.3. The zero-order valence-corrected chi connectivity index (χ0v) is 21.6. The number of esters is 1. The van der Waals surface area contributed by atoms with Crippen molar-refractivity contribution in [2.45, 2.75) is 65.9 Å². The van der Waals surface area contributed by atoms with Crippen molar-refractivity contribution in [3.63, 3.8) is 0 Å². The molecule has 8 nitrogen and oxygen atoms in total. The predicted octanol–water partition coefficient (Wildman–Crippen LogP) is 4.24. The fourth-order valence-electron chi connectivity index (χ4n) is 3.97. The molecule has 2 N–H and O–H groups in total. The fraction of sp³-hybridized carbons (Fsp3) is 0.708. The number of hydrogen-bond donors (Lipinski definition) is 2. The third-order valence-corrected chi connectivity index (χ3v) is 6.81. The highest BCUT2D eigenvalue weighted by molar-refractivity contribution is 7.10. The molecule has 0 saturated carbocycles. The number of carbonyl (C=O) groups is 3. The van der Waals surface area contributed by atoms with Crippen molar-refractivity contribution < 1.29 is 29.0 Å². The molecule has 1 aromatic heterocycles. The Labute approximate surface area is 200 Å². The SMILES string of the molecule is COC(=O)C(C1CCN(C(=O)OC(C)(C)C)CC1)C(CO)c1sccc1NC(=O)C(C)(C)C. The van der Waals surface area contributed by atoms with Gasteiger partial charge in [-0.3, -0.25) is 9.59 Å². The number of amides is 2. The van der Waals surface area contributed by atoms with Crippen LogP contribution in [-0.4, -0.2) is 60.4 Å². The maximum absolute atomic E-state index is 12.9. The Kier molecular flexibility index (Phi) is 8.93. The minimum Gasteiger partial charge on any atom is -0.469 e. The van der Waals surface area contributed by atoms with E-state index in [-0.39, 0.29) is 24.5 Å². The summed E-state index contributed by atoms with van der Waals surface area (Å²) < 4.78 is 10.6. The first-order valence-electron chi connectivity index (χ1n) is 11.3. The average Bonchev–Trinajstić information content (AvgIpc) is 3.17. The lowest BCUT2D eigenvalue weighted by molar-refractivity contribution is -0.149. The summed E-state index contributed by atoms with van der Waals surface area (Å²) in [4.78, 5) is 40.3. The van der Waals surface area contributed by atoms with Crippen molar-refractivity contribution in [3.05, 3.63) is 16.3 Å². The van der Waals surface area contributed by atoms with Gasteiger partial charge in [-0.05, 0) is 51.0 Å². The molecule has 1 aliphatic heterocycles. The quantitative estimate of drug-likeness (QED) is 0.588. The second-order valence-corrected chi connectivity index (χ2v) is 11.5. The molecule has 0 aliphatic carbocycles. The molecule has 2 amide bonds. The van der Waals surface area contributed by atoms with Gasteiger partial charge in [0.15, 0.2) is 0 Å². The molecule has 1 fully saturated rings. The largest absolute Gasteiger partial charge is 0.469 e. The molecule has 0 bridgehead atoms. The number of anilines is 1. The number of aliphatic hydroxyl groups is 1. The number of aliphatic hydroxyl groups excluding tert-OH is 1. The Morgan fingerprint density at radius 1 is 1.18 bits per heavy atom. The number of hydrogen-bond acceptors (Lipinski definition) is 7. The van der Waals surface area contributed by atoms with Crippen LogP contribution in [0.3, 0.4) is 0 Å². The molecule has 33 heavy (non-hydrogen) atoms. The van der Waals surface area contributed by atoms with Crippen LogP contribution in [0, 0.1) is 17.3 Å². The standard InChI is InChI=1S/C24H38N2O6S/c1-23(2,3)21(29)25-17-10-13-33-19(17)16(14-27)18(20(28)31-7)15-8-11-26(12-9-15)22(30)32-24(4,5)6/h10,13,15-16,18,27H,8-9,11-12,14H2,1-7H3,(H,25,29). The summed E-state index contributed by atoms with van der Waals surface area (Å²) in [5, 5.41) is 15.1. The summed E-state index contributed by atoms with van der Waals surface area (Å²) in [6.45, 7) is 11.6. The number of rotatable bonds is 6. The van der Waals surface area contributed by atoms with Crippen LogP contribution in [0.2, 0.25) is 0 Å². The lowest BCUT2D eigenvalue weighted by Crippen LogP contribution is -2.45. The smallest absolute Gasteiger partial charge is 0.410 e.